The van der Waals surface area contributed by atoms with Gasteiger partial charge in [-0.2, -0.15) is 0 Å². The summed E-state index contributed by atoms with van der Waals surface area (Å²) in [5, 5.41) is 3.32. The summed E-state index contributed by atoms with van der Waals surface area (Å²) in [6.07, 6.45) is 1.50. The van der Waals surface area contributed by atoms with Crippen molar-refractivity contribution in [3.8, 4) is 0 Å². The highest BCUT2D eigenvalue weighted by Crippen LogP contribution is 2.23. The summed E-state index contributed by atoms with van der Waals surface area (Å²) in [5.41, 5.74) is -0.889. The first kappa shape index (κ1) is 19.4. The van der Waals surface area contributed by atoms with Crippen molar-refractivity contribution in [3.63, 3.8) is 0 Å². The lowest BCUT2D eigenvalue weighted by atomic mass is 9.93. The van der Waals surface area contributed by atoms with Crippen LogP contribution in [0.25, 0.3) is 0 Å². The third-order valence-corrected chi connectivity index (χ3v) is 3.40. The Kier molecular flexibility index (Phi) is 7.74. The monoisotopic (exact) mass is 287 g/mol. The lowest BCUT2D eigenvalue weighted by molar-refractivity contribution is -0.154. The molecule has 0 aliphatic heterocycles. The van der Waals surface area contributed by atoms with Crippen LogP contribution in [0.2, 0.25) is 0 Å². The van der Waals surface area contributed by atoms with Gasteiger partial charge in [-0.25, -0.2) is 0 Å². The van der Waals surface area contributed by atoms with E-state index in [0.717, 1.165) is 6.42 Å². The average Bonchev–Trinajstić information content (AvgIpc) is 2.27. The van der Waals surface area contributed by atoms with Crippen LogP contribution in [-0.2, 0) is 14.3 Å². The number of ether oxygens (including phenoxy) is 2. The molecule has 4 heteroatoms. The largest absolute Gasteiger partial charge is 0.465 e. The van der Waals surface area contributed by atoms with E-state index in [1.165, 1.54) is 0 Å². The minimum Gasteiger partial charge on any atom is -0.465 e. The molecule has 0 aliphatic carbocycles. The van der Waals surface area contributed by atoms with Gasteiger partial charge < -0.3 is 9.47 Å². The van der Waals surface area contributed by atoms with E-state index in [1.807, 2.05) is 34.6 Å². The normalized spacial score (nSPS) is 16.9. The van der Waals surface area contributed by atoms with E-state index in [2.05, 4.69) is 26.1 Å². The summed E-state index contributed by atoms with van der Waals surface area (Å²) in [5.74, 6) is -0.210. The molecule has 0 bridgehead atoms. The van der Waals surface area contributed by atoms with Crippen molar-refractivity contribution < 1.29 is 14.3 Å². The molecule has 0 aromatic rings. The van der Waals surface area contributed by atoms with Crippen LogP contribution in [0.15, 0.2) is 0 Å². The second-order valence-electron chi connectivity index (χ2n) is 6.60. The van der Waals surface area contributed by atoms with Crippen LogP contribution in [0.3, 0.4) is 0 Å². The van der Waals surface area contributed by atoms with Crippen LogP contribution in [0.4, 0.5) is 0 Å². The second kappa shape index (κ2) is 7.99. The van der Waals surface area contributed by atoms with E-state index in [4.69, 9.17) is 9.47 Å². The molecule has 0 radical (unpaired) electrons. The van der Waals surface area contributed by atoms with Gasteiger partial charge in [0, 0.05) is 12.5 Å². The number of rotatable bonds is 9. The van der Waals surface area contributed by atoms with Gasteiger partial charge in [-0.05, 0) is 54.9 Å². The SMILES string of the molecule is CCOC(=O)C(C)(CC(C)OC(C)(C)CC)NC(C)C. The molecular weight excluding hydrogens is 254 g/mol. The zero-order valence-corrected chi connectivity index (χ0v) is 14.5. The van der Waals surface area contributed by atoms with Crippen molar-refractivity contribution in [2.24, 2.45) is 0 Å². The van der Waals surface area contributed by atoms with E-state index >= 15 is 0 Å². The van der Waals surface area contributed by atoms with Crippen molar-refractivity contribution >= 4 is 5.97 Å². The molecule has 2 unspecified atom stereocenters. The first-order valence-corrected chi connectivity index (χ1v) is 7.69. The highest BCUT2D eigenvalue weighted by Gasteiger charge is 2.37. The summed E-state index contributed by atoms with van der Waals surface area (Å²) in [6, 6.07) is 0.204. The van der Waals surface area contributed by atoms with Crippen LogP contribution in [0.1, 0.15) is 68.2 Å². The molecule has 0 aromatic heterocycles. The van der Waals surface area contributed by atoms with E-state index in [1.54, 1.807) is 0 Å². The number of esters is 1. The van der Waals surface area contributed by atoms with Crippen LogP contribution in [0, 0.1) is 0 Å². The Labute approximate surface area is 124 Å². The lowest BCUT2D eigenvalue weighted by Gasteiger charge is -2.35. The predicted octanol–water partition coefficient (Wildman–Crippen LogP) is 3.29. The maximum Gasteiger partial charge on any atom is 0.326 e. The Balaban J connectivity index is 4.84. The smallest absolute Gasteiger partial charge is 0.326 e. The van der Waals surface area contributed by atoms with Gasteiger partial charge in [0.25, 0.3) is 0 Å². The zero-order chi connectivity index (χ0) is 16.0. The molecule has 4 nitrogen and oxygen atoms in total. The molecule has 0 amide bonds. The van der Waals surface area contributed by atoms with E-state index in [-0.39, 0.29) is 23.7 Å². The predicted molar refractivity (Wildman–Crippen MR) is 82.8 cm³/mol. The van der Waals surface area contributed by atoms with Crippen LogP contribution in [-0.4, -0.2) is 35.9 Å². The summed E-state index contributed by atoms with van der Waals surface area (Å²) < 4.78 is 11.3. The molecule has 0 heterocycles. The topological polar surface area (TPSA) is 47.6 Å². The van der Waals surface area contributed by atoms with E-state index in [9.17, 15) is 4.79 Å². The van der Waals surface area contributed by atoms with Crippen molar-refractivity contribution in [1.82, 2.24) is 5.32 Å². The number of hydrogen-bond acceptors (Lipinski definition) is 4. The van der Waals surface area contributed by atoms with Gasteiger partial charge in [-0.15, -0.1) is 0 Å². The summed E-state index contributed by atoms with van der Waals surface area (Å²) in [7, 11) is 0. The summed E-state index contributed by atoms with van der Waals surface area (Å²) in [4.78, 5) is 12.2. The van der Waals surface area contributed by atoms with Crippen LogP contribution >= 0.6 is 0 Å². The fraction of sp³-hybridized carbons (Fsp3) is 0.938. The Bertz CT molecular complexity index is 302. The Morgan fingerprint density at radius 3 is 2.10 bits per heavy atom. The molecular formula is C16H33NO3. The summed E-state index contributed by atoms with van der Waals surface area (Å²) in [6.45, 7) is 16.4. The Hall–Kier alpha value is -0.610. The van der Waals surface area contributed by atoms with Gasteiger partial charge in [-0.3, -0.25) is 10.1 Å². The molecule has 20 heavy (non-hydrogen) atoms. The molecule has 0 fully saturated rings. The minimum atomic E-state index is -0.715. The zero-order valence-electron chi connectivity index (χ0n) is 14.5. The molecule has 120 valence electrons. The Morgan fingerprint density at radius 1 is 1.15 bits per heavy atom. The van der Waals surface area contributed by atoms with E-state index in [0.29, 0.717) is 13.0 Å². The molecule has 1 N–H and O–H groups in total. The van der Waals surface area contributed by atoms with Crippen LogP contribution < -0.4 is 5.32 Å². The number of hydrogen-bond donors (Lipinski definition) is 1. The molecule has 0 rings (SSSR count). The van der Waals surface area contributed by atoms with Crippen molar-refractivity contribution in [2.75, 3.05) is 6.61 Å². The maximum absolute atomic E-state index is 12.2. The third kappa shape index (κ3) is 6.71. The molecule has 2 atom stereocenters. The lowest BCUT2D eigenvalue weighted by Crippen LogP contribution is -2.55. The van der Waals surface area contributed by atoms with Gasteiger partial charge in [0.2, 0.25) is 0 Å². The second-order valence-corrected chi connectivity index (χ2v) is 6.60. The summed E-state index contributed by atoms with van der Waals surface area (Å²) >= 11 is 0. The van der Waals surface area contributed by atoms with Crippen molar-refractivity contribution in [3.05, 3.63) is 0 Å². The minimum absolute atomic E-state index is 0.0226. The molecule has 0 saturated carbocycles. The Morgan fingerprint density at radius 2 is 1.70 bits per heavy atom. The average molecular weight is 287 g/mol. The fourth-order valence-electron chi connectivity index (χ4n) is 2.37. The first-order chi connectivity index (χ1) is 9.06. The van der Waals surface area contributed by atoms with Gasteiger partial charge in [0.1, 0.15) is 5.54 Å². The number of carbonyl (C=O) groups is 1. The first-order valence-electron chi connectivity index (χ1n) is 7.69. The fourth-order valence-corrected chi connectivity index (χ4v) is 2.37. The molecule has 0 spiro atoms. The van der Waals surface area contributed by atoms with Gasteiger partial charge >= 0.3 is 5.97 Å². The maximum atomic E-state index is 12.2. The number of carbonyl (C=O) groups excluding carboxylic acids is 1. The van der Waals surface area contributed by atoms with Gasteiger partial charge in [-0.1, -0.05) is 6.92 Å². The van der Waals surface area contributed by atoms with Crippen molar-refractivity contribution in [2.45, 2.75) is 91.5 Å². The van der Waals surface area contributed by atoms with Crippen molar-refractivity contribution in [1.29, 1.82) is 0 Å². The highest BCUT2D eigenvalue weighted by molar-refractivity contribution is 5.80. The van der Waals surface area contributed by atoms with Gasteiger partial charge in [0.15, 0.2) is 0 Å². The molecule has 0 aromatic carbocycles. The third-order valence-electron chi connectivity index (χ3n) is 3.40. The number of nitrogens with one attached hydrogen (secondary N) is 1. The quantitative estimate of drug-likeness (QED) is 0.661. The van der Waals surface area contributed by atoms with Crippen LogP contribution in [0.5, 0.6) is 0 Å². The van der Waals surface area contributed by atoms with E-state index < -0.39 is 5.54 Å². The standard InChI is InChI=1S/C16H33NO3/c1-9-15(6,7)20-13(5)11-16(8,17-12(3)4)14(18)19-10-2/h12-13,17H,9-11H2,1-8H3. The van der Waals surface area contributed by atoms with Gasteiger partial charge in [0.05, 0.1) is 18.3 Å². The molecule has 0 saturated heterocycles. The highest BCUT2D eigenvalue weighted by atomic mass is 16.5. The molecule has 0 aliphatic rings.